The summed E-state index contributed by atoms with van der Waals surface area (Å²) in [6.07, 6.45) is 0. The summed E-state index contributed by atoms with van der Waals surface area (Å²) in [6, 6.07) is 8.96. The molecule has 26 heavy (non-hydrogen) atoms. The van der Waals surface area contributed by atoms with Crippen LogP contribution in [0.4, 0.5) is 0 Å². The second-order valence-electron chi connectivity index (χ2n) is 6.58. The quantitative estimate of drug-likeness (QED) is 0.785. The van der Waals surface area contributed by atoms with E-state index in [0.717, 1.165) is 34.4 Å². The van der Waals surface area contributed by atoms with Crippen LogP contribution >= 0.6 is 0 Å². The van der Waals surface area contributed by atoms with Gasteiger partial charge in [-0.05, 0) is 45.2 Å². The fourth-order valence-corrected chi connectivity index (χ4v) is 3.58. The average Bonchev–Trinajstić information content (AvgIpc) is 2.91. The molecule has 0 bridgehead atoms. The number of pyridine rings is 1. The molecule has 0 saturated carbocycles. The maximum absolute atomic E-state index is 12.8. The fraction of sp³-hybridized carbons (Fsp3) is 0.350. The highest BCUT2D eigenvalue weighted by Crippen LogP contribution is 2.22. The van der Waals surface area contributed by atoms with E-state index in [9.17, 15) is 9.59 Å². The number of fused-ring (bicyclic) bond motifs is 1. The lowest BCUT2D eigenvalue weighted by molar-refractivity contribution is 0.0938. The molecule has 0 aliphatic rings. The number of aromatic nitrogens is 3. The number of para-hydroxylation sites is 1. The molecule has 0 radical (unpaired) electrons. The van der Waals surface area contributed by atoms with Crippen LogP contribution in [-0.2, 0) is 13.6 Å². The number of hydrogen-bond acceptors (Lipinski definition) is 3. The predicted molar refractivity (Wildman–Crippen MR) is 102 cm³/mol. The van der Waals surface area contributed by atoms with E-state index in [1.807, 2.05) is 56.6 Å². The van der Waals surface area contributed by atoms with Crippen LogP contribution in [-0.4, -0.2) is 20.3 Å². The van der Waals surface area contributed by atoms with Crippen molar-refractivity contribution in [2.75, 3.05) is 0 Å². The van der Waals surface area contributed by atoms with Gasteiger partial charge in [-0.15, -0.1) is 0 Å². The number of nitrogens with zero attached hydrogens (tertiary/aromatic N) is 3. The SMILES string of the molecule is CCn1nc(C)c([C@@H](C)NC(=O)c2cc3ccccc3n(C)c2=O)c1C. The molecule has 2 aromatic heterocycles. The largest absolute Gasteiger partial charge is 0.345 e. The van der Waals surface area contributed by atoms with Crippen molar-refractivity contribution in [2.24, 2.45) is 7.05 Å². The third-order valence-corrected chi connectivity index (χ3v) is 4.90. The molecule has 0 saturated heterocycles. The van der Waals surface area contributed by atoms with Crippen LogP contribution in [0.25, 0.3) is 10.9 Å². The van der Waals surface area contributed by atoms with Crippen molar-refractivity contribution in [3.63, 3.8) is 0 Å². The number of benzene rings is 1. The van der Waals surface area contributed by atoms with Crippen LogP contribution in [0.5, 0.6) is 0 Å². The summed E-state index contributed by atoms with van der Waals surface area (Å²) >= 11 is 0. The van der Waals surface area contributed by atoms with Gasteiger partial charge in [-0.2, -0.15) is 5.10 Å². The minimum absolute atomic E-state index is 0.149. The number of hydrogen-bond donors (Lipinski definition) is 1. The molecule has 0 aliphatic carbocycles. The molecule has 2 heterocycles. The minimum Gasteiger partial charge on any atom is -0.345 e. The number of amides is 1. The molecule has 0 unspecified atom stereocenters. The van der Waals surface area contributed by atoms with Crippen LogP contribution in [0.1, 0.15) is 47.2 Å². The van der Waals surface area contributed by atoms with E-state index in [1.54, 1.807) is 13.1 Å². The lowest BCUT2D eigenvalue weighted by atomic mass is 10.1. The van der Waals surface area contributed by atoms with E-state index in [1.165, 1.54) is 4.57 Å². The van der Waals surface area contributed by atoms with Gasteiger partial charge in [0.25, 0.3) is 11.5 Å². The molecular weight excluding hydrogens is 328 g/mol. The zero-order valence-corrected chi connectivity index (χ0v) is 15.8. The summed E-state index contributed by atoms with van der Waals surface area (Å²) in [5.74, 6) is -0.369. The molecule has 3 rings (SSSR count). The third-order valence-electron chi connectivity index (χ3n) is 4.90. The maximum Gasteiger partial charge on any atom is 0.263 e. The zero-order chi connectivity index (χ0) is 19.0. The number of rotatable bonds is 4. The van der Waals surface area contributed by atoms with E-state index < -0.39 is 0 Å². The first kappa shape index (κ1) is 17.9. The molecule has 0 aliphatic heterocycles. The first-order chi connectivity index (χ1) is 12.3. The summed E-state index contributed by atoms with van der Waals surface area (Å²) in [6.45, 7) is 8.66. The number of aryl methyl sites for hydroxylation is 3. The van der Waals surface area contributed by atoms with Gasteiger partial charge in [-0.25, -0.2) is 0 Å². The van der Waals surface area contributed by atoms with Gasteiger partial charge in [-0.3, -0.25) is 14.3 Å². The van der Waals surface area contributed by atoms with Crippen molar-refractivity contribution in [3.05, 3.63) is 63.2 Å². The van der Waals surface area contributed by atoms with Gasteiger partial charge in [0.05, 0.1) is 17.3 Å². The molecule has 3 aromatic rings. The van der Waals surface area contributed by atoms with Gasteiger partial charge in [-0.1, -0.05) is 18.2 Å². The first-order valence-corrected chi connectivity index (χ1v) is 8.78. The Kier molecular flexibility index (Phi) is 4.68. The third kappa shape index (κ3) is 2.92. The Morgan fingerprint density at radius 3 is 2.62 bits per heavy atom. The molecule has 136 valence electrons. The van der Waals surface area contributed by atoms with Crippen molar-refractivity contribution >= 4 is 16.8 Å². The van der Waals surface area contributed by atoms with Crippen molar-refractivity contribution in [1.82, 2.24) is 19.7 Å². The topological polar surface area (TPSA) is 68.9 Å². The highest BCUT2D eigenvalue weighted by Gasteiger charge is 2.21. The van der Waals surface area contributed by atoms with Crippen molar-refractivity contribution in [2.45, 2.75) is 40.3 Å². The summed E-state index contributed by atoms with van der Waals surface area (Å²) in [5.41, 5.74) is 3.57. The van der Waals surface area contributed by atoms with Gasteiger partial charge in [0, 0.05) is 24.8 Å². The summed E-state index contributed by atoms with van der Waals surface area (Å²) in [7, 11) is 1.68. The standard InChI is InChI=1S/C20H24N4O2/c1-6-24-14(4)18(13(3)22-24)12(2)21-19(25)16-11-15-9-7-8-10-17(15)23(5)20(16)26/h7-12H,6H2,1-5H3,(H,21,25)/t12-/m1/s1. The van der Waals surface area contributed by atoms with E-state index in [0.29, 0.717) is 0 Å². The Morgan fingerprint density at radius 2 is 1.96 bits per heavy atom. The van der Waals surface area contributed by atoms with E-state index in [4.69, 9.17) is 0 Å². The Bertz CT molecular complexity index is 1050. The lowest BCUT2D eigenvalue weighted by Gasteiger charge is -2.16. The van der Waals surface area contributed by atoms with E-state index in [-0.39, 0.29) is 23.1 Å². The molecule has 6 nitrogen and oxygen atoms in total. The van der Waals surface area contributed by atoms with E-state index in [2.05, 4.69) is 10.4 Å². The van der Waals surface area contributed by atoms with Gasteiger partial charge in [0.15, 0.2) is 0 Å². The molecule has 0 fully saturated rings. The molecule has 1 N–H and O–H groups in total. The smallest absolute Gasteiger partial charge is 0.263 e. The van der Waals surface area contributed by atoms with Crippen LogP contribution in [0.15, 0.2) is 35.1 Å². The van der Waals surface area contributed by atoms with Crippen molar-refractivity contribution in [1.29, 1.82) is 0 Å². The molecule has 1 aromatic carbocycles. The van der Waals surface area contributed by atoms with Crippen LogP contribution in [0, 0.1) is 13.8 Å². The predicted octanol–water partition coefficient (Wildman–Crippen LogP) is 2.86. The first-order valence-electron chi connectivity index (χ1n) is 8.78. The summed E-state index contributed by atoms with van der Waals surface area (Å²) in [5, 5.41) is 8.32. The summed E-state index contributed by atoms with van der Waals surface area (Å²) < 4.78 is 3.43. The van der Waals surface area contributed by atoms with Gasteiger partial charge < -0.3 is 9.88 Å². The highest BCUT2D eigenvalue weighted by molar-refractivity contribution is 5.97. The van der Waals surface area contributed by atoms with Gasteiger partial charge >= 0.3 is 0 Å². The van der Waals surface area contributed by atoms with Crippen LogP contribution in [0.2, 0.25) is 0 Å². The molecular formula is C20H24N4O2. The second kappa shape index (κ2) is 6.78. The number of carbonyl (C=O) groups excluding carboxylic acids is 1. The molecule has 1 atom stereocenters. The van der Waals surface area contributed by atoms with Crippen LogP contribution < -0.4 is 10.9 Å². The Morgan fingerprint density at radius 1 is 1.27 bits per heavy atom. The number of nitrogens with one attached hydrogen (secondary N) is 1. The Balaban J connectivity index is 1.96. The Hall–Kier alpha value is -2.89. The van der Waals surface area contributed by atoms with Crippen molar-refractivity contribution < 1.29 is 4.79 Å². The molecule has 0 spiro atoms. The monoisotopic (exact) mass is 352 g/mol. The zero-order valence-electron chi connectivity index (χ0n) is 15.8. The van der Waals surface area contributed by atoms with Gasteiger partial charge in [0.1, 0.15) is 5.56 Å². The highest BCUT2D eigenvalue weighted by atomic mass is 16.2. The van der Waals surface area contributed by atoms with E-state index >= 15 is 0 Å². The number of carbonyl (C=O) groups is 1. The Labute approximate surface area is 152 Å². The molecule has 1 amide bonds. The average molecular weight is 352 g/mol. The fourth-order valence-electron chi connectivity index (χ4n) is 3.58. The van der Waals surface area contributed by atoms with Crippen LogP contribution in [0.3, 0.4) is 0 Å². The normalized spacial score (nSPS) is 12.3. The minimum atomic E-state index is -0.369. The van der Waals surface area contributed by atoms with Crippen molar-refractivity contribution in [3.8, 4) is 0 Å². The molecule has 6 heteroatoms. The van der Waals surface area contributed by atoms with Gasteiger partial charge in [0.2, 0.25) is 0 Å². The lowest BCUT2D eigenvalue weighted by Crippen LogP contribution is -2.34. The second-order valence-corrected chi connectivity index (χ2v) is 6.58. The maximum atomic E-state index is 12.8. The summed E-state index contributed by atoms with van der Waals surface area (Å²) in [4.78, 5) is 25.4.